The Labute approximate surface area is 98.1 Å². The molecule has 1 saturated carbocycles. The number of nitrogens with zero attached hydrogens (tertiary/aromatic N) is 1. The van der Waals surface area contributed by atoms with Gasteiger partial charge < -0.3 is 15.4 Å². The summed E-state index contributed by atoms with van der Waals surface area (Å²) in [5.74, 6) is 0.0944. The minimum atomic E-state index is -0.323. The van der Waals surface area contributed by atoms with E-state index < -0.39 is 0 Å². The number of hydrogen-bond donors (Lipinski definition) is 1. The van der Waals surface area contributed by atoms with Crippen molar-refractivity contribution in [2.75, 3.05) is 19.8 Å². The molecule has 0 heterocycles. The van der Waals surface area contributed by atoms with Crippen molar-refractivity contribution in [3.63, 3.8) is 0 Å². The Hall–Kier alpha value is -0.610. The van der Waals surface area contributed by atoms with E-state index in [9.17, 15) is 4.79 Å². The zero-order valence-corrected chi connectivity index (χ0v) is 10.7. The van der Waals surface area contributed by atoms with Crippen LogP contribution in [0, 0.1) is 0 Å². The number of ether oxygens (including phenoxy) is 1. The van der Waals surface area contributed by atoms with Gasteiger partial charge in [-0.2, -0.15) is 0 Å². The molecule has 0 aromatic heterocycles. The molecule has 4 heteroatoms. The SMILES string of the molecule is CCN(C(=O)COCC(C)(N)CC)C1CC1. The second kappa shape index (κ2) is 5.64. The lowest BCUT2D eigenvalue weighted by Gasteiger charge is -2.24. The minimum Gasteiger partial charge on any atom is -0.370 e. The van der Waals surface area contributed by atoms with E-state index in [1.165, 1.54) is 0 Å². The van der Waals surface area contributed by atoms with Crippen LogP contribution in [-0.2, 0) is 9.53 Å². The Bertz CT molecular complexity index is 237. The van der Waals surface area contributed by atoms with Crippen LogP contribution in [-0.4, -0.2) is 42.1 Å². The van der Waals surface area contributed by atoms with Crippen LogP contribution in [0.5, 0.6) is 0 Å². The normalized spacial score (nSPS) is 19.2. The largest absolute Gasteiger partial charge is 0.370 e. The Morgan fingerprint density at radius 3 is 2.56 bits per heavy atom. The van der Waals surface area contributed by atoms with Crippen molar-refractivity contribution in [2.45, 2.75) is 51.6 Å². The predicted molar refractivity (Wildman–Crippen MR) is 64.1 cm³/mol. The molecule has 1 fully saturated rings. The number of carbonyl (C=O) groups excluding carboxylic acids is 1. The van der Waals surface area contributed by atoms with E-state index in [1.54, 1.807) is 0 Å². The lowest BCUT2D eigenvalue weighted by Crippen LogP contribution is -2.42. The van der Waals surface area contributed by atoms with E-state index in [2.05, 4.69) is 0 Å². The molecule has 2 N–H and O–H groups in total. The van der Waals surface area contributed by atoms with Crippen LogP contribution in [0.4, 0.5) is 0 Å². The van der Waals surface area contributed by atoms with Crippen LogP contribution < -0.4 is 5.73 Å². The molecule has 0 aromatic carbocycles. The molecule has 16 heavy (non-hydrogen) atoms. The van der Waals surface area contributed by atoms with Gasteiger partial charge in [0.2, 0.25) is 5.91 Å². The van der Waals surface area contributed by atoms with Crippen molar-refractivity contribution >= 4 is 5.91 Å². The highest BCUT2D eigenvalue weighted by Crippen LogP contribution is 2.26. The Morgan fingerprint density at radius 1 is 1.50 bits per heavy atom. The molecule has 94 valence electrons. The summed E-state index contributed by atoms with van der Waals surface area (Å²) in [6.45, 7) is 7.36. The first-order valence-electron chi connectivity index (χ1n) is 6.16. The van der Waals surface area contributed by atoms with Gasteiger partial charge in [0.05, 0.1) is 6.61 Å². The third-order valence-corrected chi connectivity index (χ3v) is 3.11. The molecule has 0 radical (unpaired) electrons. The molecule has 0 aromatic rings. The van der Waals surface area contributed by atoms with Gasteiger partial charge in [-0.3, -0.25) is 4.79 Å². The van der Waals surface area contributed by atoms with Crippen molar-refractivity contribution in [3.05, 3.63) is 0 Å². The summed E-state index contributed by atoms with van der Waals surface area (Å²) in [5.41, 5.74) is 5.61. The lowest BCUT2D eigenvalue weighted by atomic mass is 10.0. The number of nitrogens with two attached hydrogens (primary N) is 1. The first kappa shape index (κ1) is 13.5. The van der Waals surface area contributed by atoms with Gasteiger partial charge in [-0.15, -0.1) is 0 Å². The number of likely N-dealkylation sites (N-methyl/N-ethyl adjacent to an activating group) is 1. The maximum absolute atomic E-state index is 11.8. The van der Waals surface area contributed by atoms with Gasteiger partial charge in [-0.1, -0.05) is 6.92 Å². The number of carbonyl (C=O) groups is 1. The number of amides is 1. The minimum absolute atomic E-state index is 0.0944. The van der Waals surface area contributed by atoms with E-state index in [4.69, 9.17) is 10.5 Å². The van der Waals surface area contributed by atoms with E-state index >= 15 is 0 Å². The molecule has 1 rings (SSSR count). The summed E-state index contributed by atoms with van der Waals surface area (Å²) in [7, 11) is 0. The zero-order valence-electron chi connectivity index (χ0n) is 10.7. The monoisotopic (exact) mass is 228 g/mol. The zero-order chi connectivity index (χ0) is 12.2. The van der Waals surface area contributed by atoms with Crippen molar-refractivity contribution in [1.29, 1.82) is 0 Å². The smallest absolute Gasteiger partial charge is 0.248 e. The highest BCUT2D eigenvalue weighted by Gasteiger charge is 2.31. The molecule has 1 atom stereocenters. The van der Waals surface area contributed by atoms with Crippen LogP contribution >= 0.6 is 0 Å². The number of rotatable bonds is 7. The van der Waals surface area contributed by atoms with E-state index in [0.29, 0.717) is 12.6 Å². The van der Waals surface area contributed by atoms with Crippen molar-refractivity contribution < 1.29 is 9.53 Å². The maximum Gasteiger partial charge on any atom is 0.248 e. The van der Waals surface area contributed by atoms with Crippen LogP contribution in [0.2, 0.25) is 0 Å². The topological polar surface area (TPSA) is 55.6 Å². The second-order valence-electron chi connectivity index (χ2n) is 4.91. The summed E-state index contributed by atoms with van der Waals surface area (Å²) >= 11 is 0. The summed E-state index contributed by atoms with van der Waals surface area (Å²) in [4.78, 5) is 13.7. The summed E-state index contributed by atoms with van der Waals surface area (Å²) in [6.07, 6.45) is 3.13. The molecule has 1 aliphatic carbocycles. The molecule has 1 amide bonds. The average Bonchev–Trinajstić information content (AvgIpc) is 3.03. The van der Waals surface area contributed by atoms with Gasteiger partial charge in [0.25, 0.3) is 0 Å². The third-order valence-electron chi connectivity index (χ3n) is 3.11. The fraction of sp³-hybridized carbons (Fsp3) is 0.917. The maximum atomic E-state index is 11.8. The fourth-order valence-corrected chi connectivity index (χ4v) is 1.58. The van der Waals surface area contributed by atoms with E-state index in [0.717, 1.165) is 25.8 Å². The second-order valence-corrected chi connectivity index (χ2v) is 4.91. The predicted octanol–water partition coefficient (Wildman–Crippen LogP) is 1.14. The molecule has 0 aliphatic heterocycles. The Morgan fingerprint density at radius 2 is 2.12 bits per heavy atom. The molecule has 1 unspecified atom stereocenters. The summed E-state index contributed by atoms with van der Waals surface area (Å²) in [6, 6.07) is 0.469. The van der Waals surface area contributed by atoms with Gasteiger partial charge in [0.15, 0.2) is 0 Å². The molecular weight excluding hydrogens is 204 g/mol. The highest BCUT2D eigenvalue weighted by molar-refractivity contribution is 5.78. The van der Waals surface area contributed by atoms with Gasteiger partial charge in [-0.05, 0) is 33.1 Å². The molecule has 0 spiro atoms. The number of hydrogen-bond acceptors (Lipinski definition) is 3. The molecule has 0 saturated heterocycles. The Kier molecular flexibility index (Phi) is 4.74. The molecular formula is C12H24N2O2. The van der Waals surface area contributed by atoms with Crippen LogP contribution in [0.25, 0.3) is 0 Å². The Balaban J connectivity index is 2.23. The first-order chi connectivity index (χ1) is 7.50. The van der Waals surface area contributed by atoms with Crippen LogP contribution in [0.15, 0.2) is 0 Å². The van der Waals surface area contributed by atoms with Crippen LogP contribution in [0.3, 0.4) is 0 Å². The quantitative estimate of drug-likeness (QED) is 0.711. The standard InChI is InChI=1S/C12H24N2O2/c1-4-12(3,13)9-16-8-11(15)14(5-2)10-6-7-10/h10H,4-9,13H2,1-3H3. The summed E-state index contributed by atoms with van der Waals surface area (Å²) in [5, 5.41) is 0. The van der Waals surface area contributed by atoms with Gasteiger partial charge >= 0.3 is 0 Å². The van der Waals surface area contributed by atoms with E-state index in [-0.39, 0.29) is 18.1 Å². The van der Waals surface area contributed by atoms with Gasteiger partial charge in [0.1, 0.15) is 6.61 Å². The average molecular weight is 228 g/mol. The lowest BCUT2D eigenvalue weighted by molar-refractivity contribution is -0.137. The van der Waals surface area contributed by atoms with Crippen molar-refractivity contribution in [2.24, 2.45) is 5.73 Å². The van der Waals surface area contributed by atoms with Crippen LogP contribution in [0.1, 0.15) is 40.0 Å². The highest BCUT2D eigenvalue weighted by atomic mass is 16.5. The fourth-order valence-electron chi connectivity index (χ4n) is 1.58. The first-order valence-corrected chi connectivity index (χ1v) is 6.16. The third kappa shape index (κ3) is 4.10. The molecule has 0 bridgehead atoms. The molecule has 1 aliphatic rings. The molecule has 4 nitrogen and oxygen atoms in total. The van der Waals surface area contributed by atoms with Gasteiger partial charge in [-0.25, -0.2) is 0 Å². The summed E-state index contributed by atoms with van der Waals surface area (Å²) < 4.78 is 5.40. The van der Waals surface area contributed by atoms with E-state index in [1.807, 2.05) is 25.7 Å². The van der Waals surface area contributed by atoms with Crippen molar-refractivity contribution in [3.8, 4) is 0 Å². The van der Waals surface area contributed by atoms with Crippen molar-refractivity contribution in [1.82, 2.24) is 4.90 Å². The van der Waals surface area contributed by atoms with Gasteiger partial charge in [0, 0.05) is 18.1 Å².